The monoisotopic (exact) mass is 223 g/mol. The number of carboxylic acids is 1. The molecule has 0 atom stereocenters. The zero-order valence-corrected chi connectivity index (χ0v) is 8.95. The number of aromatic carboxylic acids is 1. The van der Waals surface area contributed by atoms with Crippen LogP contribution in [0.15, 0.2) is 12.3 Å². The van der Waals surface area contributed by atoms with Gasteiger partial charge in [-0.3, -0.25) is 0 Å². The van der Waals surface area contributed by atoms with Crippen LogP contribution in [0, 0.1) is 5.82 Å². The van der Waals surface area contributed by atoms with Gasteiger partial charge in [0.2, 0.25) is 0 Å². The van der Waals surface area contributed by atoms with Crippen molar-refractivity contribution in [1.82, 2.24) is 4.98 Å². The minimum absolute atomic E-state index is 0.00769. The lowest BCUT2D eigenvalue weighted by Gasteiger charge is -2.22. The van der Waals surface area contributed by atoms with Gasteiger partial charge in [-0.05, 0) is 30.4 Å². The molecule has 0 amide bonds. The standard InChI is InChI=1S/C12H14FNO2/c13-9-6-10(8-4-2-1-3-5-8)11(12(15)16)14-7-9/h6-8H,1-5H2,(H,15,16). The molecule has 0 unspecified atom stereocenters. The Labute approximate surface area is 93.3 Å². The Morgan fingerprint density at radius 1 is 1.38 bits per heavy atom. The van der Waals surface area contributed by atoms with Gasteiger partial charge in [-0.1, -0.05) is 19.3 Å². The highest BCUT2D eigenvalue weighted by Gasteiger charge is 2.22. The Morgan fingerprint density at radius 3 is 2.69 bits per heavy atom. The van der Waals surface area contributed by atoms with Gasteiger partial charge in [0.05, 0.1) is 6.20 Å². The van der Waals surface area contributed by atoms with E-state index in [1.807, 2.05) is 0 Å². The Bertz CT molecular complexity index is 400. The maximum Gasteiger partial charge on any atom is 0.354 e. The molecule has 86 valence electrons. The van der Waals surface area contributed by atoms with E-state index in [9.17, 15) is 9.18 Å². The molecule has 16 heavy (non-hydrogen) atoms. The quantitative estimate of drug-likeness (QED) is 0.838. The second-order valence-electron chi connectivity index (χ2n) is 4.23. The van der Waals surface area contributed by atoms with E-state index in [-0.39, 0.29) is 11.6 Å². The predicted molar refractivity (Wildman–Crippen MR) is 57.0 cm³/mol. The summed E-state index contributed by atoms with van der Waals surface area (Å²) < 4.78 is 13.1. The summed E-state index contributed by atoms with van der Waals surface area (Å²) in [6.45, 7) is 0. The van der Waals surface area contributed by atoms with Crippen LogP contribution in [0.4, 0.5) is 4.39 Å². The van der Waals surface area contributed by atoms with Crippen molar-refractivity contribution in [2.75, 3.05) is 0 Å². The van der Waals surface area contributed by atoms with Crippen molar-refractivity contribution < 1.29 is 14.3 Å². The van der Waals surface area contributed by atoms with Crippen molar-refractivity contribution in [1.29, 1.82) is 0 Å². The third-order valence-corrected chi connectivity index (χ3v) is 3.13. The largest absolute Gasteiger partial charge is 0.477 e. The zero-order valence-electron chi connectivity index (χ0n) is 8.95. The first kappa shape index (κ1) is 11.0. The van der Waals surface area contributed by atoms with Crippen LogP contribution in [-0.2, 0) is 0 Å². The summed E-state index contributed by atoms with van der Waals surface area (Å²) in [5.41, 5.74) is 0.570. The Hall–Kier alpha value is -1.45. The number of carbonyl (C=O) groups is 1. The third-order valence-electron chi connectivity index (χ3n) is 3.13. The summed E-state index contributed by atoms with van der Waals surface area (Å²) in [4.78, 5) is 14.7. The van der Waals surface area contributed by atoms with Crippen molar-refractivity contribution in [3.63, 3.8) is 0 Å². The molecule has 4 heteroatoms. The van der Waals surface area contributed by atoms with Crippen LogP contribution in [0.5, 0.6) is 0 Å². The normalized spacial score (nSPS) is 17.3. The van der Waals surface area contributed by atoms with Crippen LogP contribution in [-0.4, -0.2) is 16.1 Å². The highest BCUT2D eigenvalue weighted by Crippen LogP contribution is 2.34. The fourth-order valence-electron chi connectivity index (χ4n) is 2.36. The van der Waals surface area contributed by atoms with Gasteiger partial charge in [0.15, 0.2) is 5.69 Å². The van der Waals surface area contributed by atoms with Crippen LogP contribution in [0.3, 0.4) is 0 Å². The first-order valence-electron chi connectivity index (χ1n) is 5.57. The fourth-order valence-corrected chi connectivity index (χ4v) is 2.36. The van der Waals surface area contributed by atoms with Crippen molar-refractivity contribution in [3.05, 3.63) is 29.3 Å². The molecule has 1 aliphatic rings. The number of hydrogen-bond acceptors (Lipinski definition) is 2. The number of aromatic nitrogens is 1. The molecule has 1 aromatic rings. The van der Waals surface area contributed by atoms with E-state index in [1.54, 1.807) is 0 Å². The Morgan fingerprint density at radius 2 is 2.06 bits per heavy atom. The molecule has 1 aromatic heterocycles. The SMILES string of the molecule is O=C(O)c1ncc(F)cc1C1CCCCC1. The molecule has 2 rings (SSSR count). The van der Waals surface area contributed by atoms with Crippen LogP contribution in [0.25, 0.3) is 0 Å². The van der Waals surface area contributed by atoms with Crippen LogP contribution in [0.1, 0.15) is 54.1 Å². The average molecular weight is 223 g/mol. The molecule has 1 N–H and O–H groups in total. The van der Waals surface area contributed by atoms with Gasteiger partial charge < -0.3 is 5.11 Å². The van der Waals surface area contributed by atoms with Crippen molar-refractivity contribution in [3.8, 4) is 0 Å². The first-order valence-corrected chi connectivity index (χ1v) is 5.57. The molecule has 0 radical (unpaired) electrons. The van der Waals surface area contributed by atoms with E-state index in [0.29, 0.717) is 5.56 Å². The minimum Gasteiger partial charge on any atom is -0.477 e. The second kappa shape index (κ2) is 4.60. The molecule has 0 aromatic carbocycles. The predicted octanol–water partition coefficient (Wildman–Crippen LogP) is 2.97. The van der Waals surface area contributed by atoms with Gasteiger partial charge in [0.25, 0.3) is 0 Å². The Kier molecular flexibility index (Phi) is 3.17. The molecule has 0 aliphatic heterocycles. The molecular weight excluding hydrogens is 209 g/mol. The second-order valence-corrected chi connectivity index (χ2v) is 4.23. The molecule has 0 spiro atoms. The minimum atomic E-state index is -1.07. The maximum absolute atomic E-state index is 13.1. The maximum atomic E-state index is 13.1. The summed E-state index contributed by atoms with van der Waals surface area (Å²) in [5.74, 6) is -1.37. The van der Waals surface area contributed by atoms with Crippen molar-refractivity contribution in [2.24, 2.45) is 0 Å². The van der Waals surface area contributed by atoms with Crippen LogP contribution >= 0.6 is 0 Å². The van der Waals surface area contributed by atoms with E-state index >= 15 is 0 Å². The number of pyridine rings is 1. The molecule has 3 nitrogen and oxygen atoms in total. The van der Waals surface area contributed by atoms with Crippen molar-refractivity contribution in [2.45, 2.75) is 38.0 Å². The molecule has 1 heterocycles. The summed E-state index contributed by atoms with van der Waals surface area (Å²) in [6, 6.07) is 1.33. The summed E-state index contributed by atoms with van der Waals surface area (Å²) in [5, 5.41) is 9.00. The number of halogens is 1. The Balaban J connectivity index is 2.36. The lowest BCUT2D eigenvalue weighted by atomic mass is 9.83. The highest BCUT2D eigenvalue weighted by molar-refractivity contribution is 5.87. The van der Waals surface area contributed by atoms with Gasteiger partial charge in [-0.15, -0.1) is 0 Å². The zero-order chi connectivity index (χ0) is 11.5. The molecule has 1 saturated carbocycles. The number of rotatable bonds is 2. The van der Waals surface area contributed by atoms with Crippen LogP contribution < -0.4 is 0 Å². The smallest absolute Gasteiger partial charge is 0.354 e. The lowest BCUT2D eigenvalue weighted by Crippen LogP contribution is -2.12. The molecular formula is C12H14FNO2. The van der Waals surface area contributed by atoms with E-state index in [1.165, 1.54) is 12.5 Å². The van der Waals surface area contributed by atoms with E-state index in [4.69, 9.17) is 5.11 Å². The molecule has 1 fully saturated rings. The number of carboxylic acid groups (broad SMARTS) is 1. The topological polar surface area (TPSA) is 50.2 Å². The third kappa shape index (κ3) is 2.21. The highest BCUT2D eigenvalue weighted by atomic mass is 19.1. The number of nitrogens with zero attached hydrogens (tertiary/aromatic N) is 1. The average Bonchev–Trinajstić information content (AvgIpc) is 2.29. The van der Waals surface area contributed by atoms with Crippen molar-refractivity contribution >= 4 is 5.97 Å². The van der Waals surface area contributed by atoms with Gasteiger partial charge in [0, 0.05) is 0 Å². The lowest BCUT2D eigenvalue weighted by molar-refractivity contribution is 0.0688. The molecule has 0 bridgehead atoms. The number of hydrogen-bond donors (Lipinski definition) is 1. The van der Waals surface area contributed by atoms with Gasteiger partial charge >= 0.3 is 5.97 Å². The summed E-state index contributed by atoms with van der Waals surface area (Å²) in [7, 11) is 0. The van der Waals surface area contributed by atoms with Gasteiger partial charge in [0.1, 0.15) is 5.82 Å². The van der Waals surface area contributed by atoms with Gasteiger partial charge in [-0.2, -0.15) is 0 Å². The first-order chi connectivity index (χ1) is 7.68. The van der Waals surface area contributed by atoms with E-state index < -0.39 is 11.8 Å². The van der Waals surface area contributed by atoms with Gasteiger partial charge in [-0.25, -0.2) is 14.2 Å². The summed E-state index contributed by atoms with van der Waals surface area (Å²) in [6.07, 6.45) is 6.19. The fraction of sp³-hybridized carbons (Fsp3) is 0.500. The summed E-state index contributed by atoms with van der Waals surface area (Å²) >= 11 is 0. The van der Waals surface area contributed by atoms with E-state index in [2.05, 4.69) is 4.98 Å². The van der Waals surface area contributed by atoms with E-state index in [0.717, 1.165) is 31.9 Å². The molecule has 0 saturated heterocycles. The van der Waals surface area contributed by atoms with Crippen LogP contribution in [0.2, 0.25) is 0 Å². The molecule has 1 aliphatic carbocycles.